The van der Waals surface area contributed by atoms with Gasteiger partial charge in [-0.15, -0.1) is 0 Å². The van der Waals surface area contributed by atoms with Gasteiger partial charge in [-0.3, -0.25) is 0 Å². The summed E-state index contributed by atoms with van der Waals surface area (Å²) in [7, 11) is 0. The zero-order chi connectivity index (χ0) is 7.23. The molecule has 0 aliphatic heterocycles. The third kappa shape index (κ3) is 2.07. The Bertz CT molecular complexity index is 174. The van der Waals surface area contributed by atoms with Crippen LogP contribution in [0, 0.1) is 12.1 Å². The van der Waals surface area contributed by atoms with Crippen molar-refractivity contribution in [3.8, 4) is 0 Å². The molecule has 0 aliphatic rings. The highest BCUT2D eigenvalue weighted by Gasteiger charge is 1.85. The SMILES string of the molecule is OCCNc1c[c]c[c]c1. The molecular formula is C8H9NO. The Hall–Kier alpha value is -1.02. The standard InChI is InChI=1S/C8H9NO/c10-7-6-9-8-4-2-1-3-5-8/h1,4-5,9-10H,6-7H2. The minimum Gasteiger partial charge on any atom is -0.395 e. The molecule has 1 aromatic rings. The minimum absolute atomic E-state index is 0.148. The van der Waals surface area contributed by atoms with E-state index in [1.165, 1.54) is 0 Å². The predicted molar refractivity (Wildman–Crippen MR) is 39.7 cm³/mol. The van der Waals surface area contributed by atoms with Crippen molar-refractivity contribution < 1.29 is 5.11 Å². The van der Waals surface area contributed by atoms with Crippen molar-refractivity contribution >= 4 is 5.69 Å². The molecule has 0 spiro atoms. The molecule has 52 valence electrons. The molecule has 0 atom stereocenters. The zero-order valence-electron chi connectivity index (χ0n) is 5.59. The van der Waals surface area contributed by atoms with Crippen LogP contribution in [-0.2, 0) is 0 Å². The van der Waals surface area contributed by atoms with Gasteiger partial charge in [-0.2, -0.15) is 0 Å². The quantitative estimate of drug-likeness (QED) is 0.639. The molecule has 0 saturated carbocycles. The molecule has 10 heavy (non-hydrogen) atoms. The fourth-order valence-corrected chi connectivity index (χ4v) is 0.655. The number of nitrogens with one attached hydrogen (secondary N) is 1. The summed E-state index contributed by atoms with van der Waals surface area (Å²) in [5.74, 6) is 0. The molecule has 1 aromatic carbocycles. The van der Waals surface area contributed by atoms with Gasteiger partial charge in [0, 0.05) is 12.2 Å². The summed E-state index contributed by atoms with van der Waals surface area (Å²) in [6, 6.07) is 11.1. The Balaban J connectivity index is 2.43. The fraction of sp³-hybridized carbons (Fsp3) is 0.250. The van der Waals surface area contributed by atoms with Gasteiger partial charge in [-0.1, -0.05) is 0 Å². The molecule has 0 heterocycles. The van der Waals surface area contributed by atoms with Crippen molar-refractivity contribution in [2.24, 2.45) is 0 Å². The summed E-state index contributed by atoms with van der Waals surface area (Å²) in [5, 5.41) is 11.4. The van der Waals surface area contributed by atoms with Crippen LogP contribution in [0.3, 0.4) is 0 Å². The van der Waals surface area contributed by atoms with E-state index < -0.39 is 0 Å². The van der Waals surface area contributed by atoms with Crippen LogP contribution in [0.2, 0.25) is 0 Å². The van der Waals surface area contributed by atoms with E-state index in [0.717, 1.165) is 5.69 Å². The number of anilines is 1. The van der Waals surface area contributed by atoms with E-state index >= 15 is 0 Å². The van der Waals surface area contributed by atoms with Crippen LogP contribution >= 0.6 is 0 Å². The van der Waals surface area contributed by atoms with Crippen LogP contribution in [0.1, 0.15) is 0 Å². The van der Waals surface area contributed by atoms with E-state index in [0.29, 0.717) is 6.54 Å². The van der Waals surface area contributed by atoms with Crippen LogP contribution in [0.5, 0.6) is 0 Å². The first kappa shape index (κ1) is 7.09. The number of aliphatic hydroxyl groups excluding tert-OH is 1. The molecule has 0 bridgehead atoms. The fourth-order valence-electron chi connectivity index (χ4n) is 0.655. The Morgan fingerprint density at radius 1 is 1.40 bits per heavy atom. The highest BCUT2D eigenvalue weighted by Crippen LogP contribution is 2.01. The van der Waals surface area contributed by atoms with Gasteiger partial charge in [-0.25, -0.2) is 0 Å². The highest BCUT2D eigenvalue weighted by molar-refractivity contribution is 5.41. The summed E-state index contributed by atoms with van der Waals surface area (Å²) in [5.41, 5.74) is 0.941. The summed E-state index contributed by atoms with van der Waals surface area (Å²) in [4.78, 5) is 0. The first-order valence-corrected chi connectivity index (χ1v) is 3.15. The van der Waals surface area contributed by atoms with Gasteiger partial charge in [0.05, 0.1) is 6.61 Å². The summed E-state index contributed by atoms with van der Waals surface area (Å²) in [6.07, 6.45) is 0. The Morgan fingerprint density at radius 2 is 2.10 bits per heavy atom. The number of hydrogen-bond acceptors (Lipinski definition) is 2. The topological polar surface area (TPSA) is 32.3 Å². The average Bonchev–Trinajstić information content (AvgIpc) is 2.03. The lowest BCUT2D eigenvalue weighted by atomic mass is 10.3. The van der Waals surface area contributed by atoms with E-state index in [4.69, 9.17) is 5.11 Å². The zero-order valence-corrected chi connectivity index (χ0v) is 5.59. The largest absolute Gasteiger partial charge is 0.395 e. The third-order valence-corrected chi connectivity index (χ3v) is 1.09. The molecule has 2 heteroatoms. The molecular weight excluding hydrogens is 126 g/mol. The van der Waals surface area contributed by atoms with Gasteiger partial charge < -0.3 is 10.4 Å². The van der Waals surface area contributed by atoms with Crippen LogP contribution in [0.25, 0.3) is 0 Å². The maximum atomic E-state index is 8.44. The van der Waals surface area contributed by atoms with Crippen LogP contribution < -0.4 is 5.32 Å². The monoisotopic (exact) mass is 135 g/mol. The van der Waals surface area contributed by atoms with Crippen molar-refractivity contribution in [1.82, 2.24) is 0 Å². The molecule has 0 aliphatic carbocycles. The van der Waals surface area contributed by atoms with E-state index in [2.05, 4.69) is 17.4 Å². The van der Waals surface area contributed by atoms with E-state index in [-0.39, 0.29) is 6.61 Å². The van der Waals surface area contributed by atoms with E-state index in [1.54, 1.807) is 6.07 Å². The third-order valence-electron chi connectivity index (χ3n) is 1.09. The van der Waals surface area contributed by atoms with Crippen LogP contribution in [-0.4, -0.2) is 18.3 Å². The molecule has 0 fully saturated rings. The van der Waals surface area contributed by atoms with Gasteiger partial charge in [-0.05, 0) is 30.3 Å². The van der Waals surface area contributed by atoms with Crippen molar-refractivity contribution in [3.05, 3.63) is 30.3 Å². The molecule has 2 nitrogen and oxygen atoms in total. The summed E-state index contributed by atoms with van der Waals surface area (Å²) >= 11 is 0. The van der Waals surface area contributed by atoms with E-state index in [1.807, 2.05) is 12.1 Å². The normalized spacial score (nSPS) is 9.30. The molecule has 0 amide bonds. The second kappa shape index (κ2) is 3.90. The van der Waals surface area contributed by atoms with Crippen LogP contribution in [0.4, 0.5) is 5.69 Å². The van der Waals surface area contributed by atoms with Gasteiger partial charge >= 0.3 is 0 Å². The summed E-state index contributed by atoms with van der Waals surface area (Å²) < 4.78 is 0. The lowest BCUT2D eigenvalue weighted by Crippen LogP contribution is -2.04. The van der Waals surface area contributed by atoms with Gasteiger partial charge in [0.25, 0.3) is 0 Å². The van der Waals surface area contributed by atoms with Crippen molar-refractivity contribution in [3.63, 3.8) is 0 Å². The predicted octanol–water partition coefficient (Wildman–Crippen LogP) is 0.691. The van der Waals surface area contributed by atoms with E-state index in [9.17, 15) is 0 Å². The van der Waals surface area contributed by atoms with Gasteiger partial charge in [0.2, 0.25) is 0 Å². The average molecular weight is 135 g/mol. The molecule has 2 radical (unpaired) electrons. The van der Waals surface area contributed by atoms with Crippen molar-refractivity contribution in [1.29, 1.82) is 0 Å². The number of rotatable bonds is 3. The second-order valence-electron chi connectivity index (χ2n) is 1.87. The molecule has 0 saturated heterocycles. The Labute approximate surface area is 60.5 Å². The summed E-state index contributed by atoms with van der Waals surface area (Å²) in [6.45, 7) is 0.723. The Morgan fingerprint density at radius 3 is 2.70 bits per heavy atom. The first-order chi connectivity index (χ1) is 4.93. The first-order valence-electron chi connectivity index (χ1n) is 3.15. The second-order valence-corrected chi connectivity index (χ2v) is 1.87. The van der Waals surface area contributed by atoms with Gasteiger partial charge in [0.15, 0.2) is 0 Å². The Kier molecular flexibility index (Phi) is 2.77. The molecule has 1 rings (SSSR count). The van der Waals surface area contributed by atoms with Crippen molar-refractivity contribution in [2.75, 3.05) is 18.5 Å². The van der Waals surface area contributed by atoms with Gasteiger partial charge in [0.1, 0.15) is 0 Å². The number of aliphatic hydroxyl groups is 1. The molecule has 2 N–H and O–H groups in total. The lowest BCUT2D eigenvalue weighted by Gasteiger charge is -2.00. The number of hydrogen-bond donors (Lipinski definition) is 2. The lowest BCUT2D eigenvalue weighted by molar-refractivity contribution is 0.311. The number of benzene rings is 1. The smallest absolute Gasteiger partial charge is 0.0604 e. The maximum absolute atomic E-state index is 8.44. The minimum atomic E-state index is 0.148. The van der Waals surface area contributed by atoms with Crippen molar-refractivity contribution in [2.45, 2.75) is 0 Å². The molecule has 0 unspecified atom stereocenters. The van der Waals surface area contributed by atoms with Crippen LogP contribution in [0.15, 0.2) is 18.2 Å². The highest BCUT2D eigenvalue weighted by atomic mass is 16.3. The molecule has 0 aromatic heterocycles. The maximum Gasteiger partial charge on any atom is 0.0604 e.